The van der Waals surface area contributed by atoms with Crippen molar-refractivity contribution in [3.05, 3.63) is 70.0 Å². The van der Waals surface area contributed by atoms with E-state index in [4.69, 9.17) is 4.98 Å². The summed E-state index contributed by atoms with van der Waals surface area (Å²) in [5.41, 5.74) is 3.23. The highest BCUT2D eigenvalue weighted by Crippen LogP contribution is 2.28. The lowest BCUT2D eigenvalue weighted by atomic mass is 9.97. The van der Waals surface area contributed by atoms with Crippen LogP contribution >= 0.6 is 0 Å². The van der Waals surface area contributed by atoms with Gasteiger partial charge in [0.2, 0.25) is 0 Å². The Labute approximate surface area is 145 Å². The van der Waals surface area contributed by atoms with E-state index in [1.165, 1.54) is 6.07 Å². The number of non-ortho nitro benzene ring substituents is 1. The predicted molar refractivity (Wildman–Crippen MR) is 96.4 cm³/mol. The van der Waals surface area contributed by atoms with Crippen molar-refractivity contribution >= 4 is 16.7 Å². The number of nitrogens with zero attached hydrogens (tertiary/aromatic N) is 3. The number of para-hydroxylation sites is 2. The van der Waals surface area contributed by atoms with Crippen molar-refractivity contribution in [2.75, 3.05) is 13.1 Å². The second kappa shape index (κ2) is 6.64. The minimum atomic E-state index is -0.336. The monoisotopic (exact) mass is 336 g/mol. The van der Waals surface area contributed by atoms with Crippen molar-refractivity contribution < 1.29 is 4.92 Å². The second-order valence-corrected chi connectivity index (χ2v) is 6.64. The number of piperidine rings is 1. The Bertz CT molecular complexity index is 872. The third kappa shape index (κ3) is 3.39. The number of aromatic amines is 1. The zero-order chi connectivity index (χ0) is 17.2. The van der Waals surface area contributed by atoms with Crippen molar-refractivity contribution in [1.82, 2.24) is 14.9 Å². The number of aromatic nitrogens is 2. The first-order chi connectivity index (χ1) is 12.2. The van der Waals surface area contributed by atoms with Gasteiger partial charge in [-0.1, -0.05) is 24.3 Å². The number of imidazole rings is 1. The molecule has 6 nitrogen and oxygen atoms in total. The largest absolute Gasteiger partial charge is 0.342 e. The summed E-state index contributed by atoms with van der Waals surface area (Å²) in [6, 6.07) is 15.0. The number of fused-ring (bicyclic) bond motifs is 1. The van der Waals surface area contributed by atoms with E-state index in [1.807, 2.05) is 24.3 Å². The van der Waals surface area contributed by atoms with Crippen molar-refractivity contribution in [2.24, 2.45) is 0 Å². The lowest BCUT2D eigenvalue weighted by Crippen LogP contribution is -2.34. The molecule has 1 aliphatic rings. The Balaban J connectivity index is 1.49. The summed E-state index contributed by atoms with van der Waals surface area (Å²) in [4.78, 5) is 21.2. The van der Waals surface area contributed by atoms with E-state index in [0.717, 1.165) is 54.9 Å². The van der Waals surface area contributed by atoms with Crippen LogP contribution in [0.25, 0.3) is 11.0 Å². The molecule has 2 heterocycles. The number of hydrogen-bond acceptors (Lipinski definition) is 4. The molecule has 1 fully saturated rings. The van der Waals surface area contributed by atoms with Crippen LogP contribution in [-0.2, 0) is 6.54 Å². The van der Waals surface area contributed by atoms with Gasteiger partial charge in [-0.25, -0.2) is 4.98 Å². The van der Waals surface area contributed by atoms with Crippen LogP contribution in [0.4, 0.5) is 5.69 Å². The predicted octanol–water partition coefficient (Wildman–Crippen LogP) is 3.85. The third-order valence-corrected chi connectivity index (χ3v) is 4.83. The van der Waals surface area contributed by atoms with Crippen molar-refractivity contribution in [3.63, 3.8) is 0 Å². The maximum Gasteiger partial charge on any atom is 0.269 e. The van der Waals surface area contributed by atoms with E-state index in [0.29, 0.717) is 5.92 Å². The van der Waals surface area contributed by atoms with Gasteiger partial charge in [0.25, 0.3) is 5.69 Å². The first-order valence-electron chi connectivity index (χ1n) is 8.59. The molecule has 1 N–H and O–H groups in total. The highest BCUT2D eigenvalue weighted by Gasteiger charge is 2.24. The zero-order valence-electron chi connectivity index (χ0n) is 13.9. The average Bonchev–Trinajstić information content (AvgIpc) is 3.06. The van der Waals surface area contributed by atoms with Gasteiger partial charge < -0.3 is 4.98 Å². The average molecular weight is 336 g/mol. The molecule has 6 heteroatoms. The summed E-state index contributed by atoms with van der Waals surface area (Å²) in [6.45, 7) is 2.67. The van der Waals surface area contributed by atoms with Crippen LogP contribution in [0.15, 0.2) is 48.5 Å². The first-order valence-corrected chi connectivity index (χ1v) is 8.59. The van der Waals surface area contributed by atoms with Crippen LogP contribution in [-0.4, -0.2) is 32.9 Å². The summed E-state index contributed by atoms with van der Waals surface area (Å²) >= 11 is 0. The highest BCUT2D eigenvalue weighted by molar-refractivity contribution is 5.74. The molecule has 0 spiro atoms. The van der Waals surface area contributed by atoms with Crippen LogP contribution in [0.1, 0.15) is 30.1 Å². The fraction of sp³-hybridized carbons (Fsp3) is 0.316. The van der Waals surface area contributed by atoms with Crippen LogP contribution in [0.5, 0.6) is 0 Å². The van der Waals surface area contributed by atoms with E-state index >= 15 is 0 Å². The quantitative estimate of drug-likeness (QED) is 0.580. The number of hydrogen-bond donors (Lipinski definition) is 1. The first kappa shape index (κ1) is 15.8. The smallest absolute Gasteiger partial charge is 0.269 e. The van der Waals surface area contributed by atoms with E-state index in [-0.39, 0.29) is 10.6 Å². The number of likely N-dealkylation sites (tertiary alicyclic amines) is 1. The molecule has 3 aromatic rings. The molecule has 1 atom stereocenters. The number of rotatable bonds is 4. The number of nitro groups is 1. The van der Waals surface area contributed by atoms with Gasteiger partial charge in [0.15, 0.2) is 0 Å². The summed E-state index contributed by atoms with van der Waals surface area (Å²) in [5, 5.41) is 10.9. The van der Waals surface area contributed by atoms with Gasteiger partial charge in [-0.05, 0) is 37.1 Å². The molecule has 25 heavy (non-hydrogen) atoms. The van der Waals surface area contributed by atoms with Gasteiger partial charge in [-0.2, -0.15) is 0 Å². The van der Waals surface area contributed by atoms with Crippen molar-refractivity contribution in [1.29, 1.82) is 0 Å². The van der Waals surface area contributed by atoms with Gasteiger partial charge in [0.05, 0.1) is 16.0 Å². The van der Waals surface area contributed by atoms with Crippen LogP contribution in [0.3, 0.4) is 0 Å². The maximum atomic E-state index is 10.9. The summed E-state index contributed by atoms with van der Waals surface area (Å²) in [6.07, 6.45) is 2.22. The van der Waals surface area contributed by atoms with Gasteiger partial charge in [0, 0.05) is 31.1 Å². The number of H-pyrrole nitrogens is 1. The SMILES string of the molecule is O=[N+]([O-])c1cccc(CN2CCC[C@@H](c3nc4ccccc4[nH]3)C2)c1. The summed E-state index contributed by atoms with van der Waals surface area (Å²) in [7, 11) is 0. The molecule has 1 aliphatic heterocycles. The molecule has 1 aromatic heterocycles. The fourth-order valence-electron chi connectivity index (χ4n) is 3.61. The molecule has 0 amide bonds. The minimum Gasteiger partial charge on any atom is -0.342 e. The topological polar surface area (TPSA) is 75.1 Å². The lowest BCUT2D eigenvalue weighted by molar-refractivity contribution is -0.384. The van der Waals surface area contributed by atoms with Crippen molar-refractivity contribution in [3.8, 4) is 0 Å². The zero-order valence-corrected chi connectivity index (χ0v) is 13.9. The maximum absolute atomic E-state index is 10.9. The molecular weight excluding hydrogens is 316 g/mol. The van der Waals surface area contributed by atoms with Gasteiger partial charge >= 0.3 is 0 Å². The number of nitrogens with one attached hydrogen (secondary N) is 1. The Morgan fingerprint density at radius 1 is 1.24 bits per heavy atom. The molecular formula is C19H20N4O2. The van der Waals surface area contributed by atoms with Crippen LogP contribution < -0.4 is 0 Å². The molecule has 0 radical (unpaired) electrons. The van der Waals surface area contributed by atoms with E-state index in [9.17, 15) is 10.1 Å². The van der Waals surface area contributed by atoms with E-state index < -0.39 is 0 Å². The third-order valence-electron chi connectivity index (χ3n) is 4.83. The molecule has 0 bridgehead atoms. The van der Waals surface area contributed by atoms with Crippen LogP contribution in [0.2, 0.25) is 0 Å². The number of nitro benzene ring substituents is 1. The molecule has 0 saturated carbocycles. The second-order valence-electron chi connectivity index (χ2n) is 6.64. The summed E-state index contributed by atoms with van der Waals surface area (Å²) in [5.74, 6) is 1.42. The minimum absolute atomic E-state index is 0.156. The van der Waals surface area contributed by atoms with E-state index in [1.54, 1.807) is 12.1 Å². The standard InChI is InChI=1S/C19H20N4O2/c24-23(25)16-7-3-5-14(11-16)12-22-10-4-6-15(13-22)19-20-17-8-1-2-9-18(17)21-19/h1-3,5,7-9,11,15H,4,6,10,12-13H2,(H,20,21)/t15-/m1/s1. The molecule has 4 rings (SSSR count). The molecule has 0 aliphatic carbocycles. The molecule has 2 aromatic carbocycles. The Kier molecular flexibility index (Phi) is 4.19. The normalized spacial score (nSPS) is 18.5. The number of benzene rings is 2. The van der Waals surface area contributed by atoms with Crippen molar-refractivity contribution in [2.45, 2.75) is 25.3 Å². The Morgan fingerprint density at radius 3 is 2.96 bits per heavy atom. The van der Waals surface area contributed by atoms with Crippen LogP contribution in [0, 0.1) is 10.1 Å². The molecule has 128 valence electrons. The Hall–Kier alpha value is -2.73. The fourth-order valence-corrected chi connectivity index (χ4v) is 3.61. The van der Waals surface area contributed by atoms with Gasteiger partial charge in [-0.3, -0.25) is 15.0 Å². The van der Waals surface area contributed by atoms with Gasteiger partial charge in [-0.15, -0.1) is 0 Å². The van der Waals surface area contributed by atoms with Gasteiger partial charge in [0.1, 0.15) is 5.82 Å². The van der Waals surface area contributed by atoms with E-state index in [2.05, 4.69) is 16.0 Å². The lowest BCUT2D eigenvalue weighted by Gasteiger charge is -2.31. The summed E-state index contributed by atoms with van der Waals surface area (Å²) < 4.78 is 0. The molecule has 0 unspecified atom stereocenters. The molecule has 1 saturated heterocycles. The highest BCUT2D eigenvalue weighted by atomic mass is 16.6. The Morgan fingerprint density at radius 2 is 2.12 bits per heavy atom.